The van der Waals surface area contributed by atoms with E-state index in [1.54, 1.807) is 17.0 Å². The quantitative estimate of drug-likeness (QED) is 0.828. The second kappa shape index (κ2) is 5.44. The number of nitrogen functional groups attached to an aromatic ring is 1. The summed E-state index contributed by atoms with van der Waals surface area (Å²) in [5.41, 5.74) is 6.91. The number of likely N-dealkylation sites (N-methyl/N-ethyl adjacent to an activating group) is 2. The predicted octanol–water partition coefficient (Wildman–Crippen LogP) is 1.16. The molecule has 1 aromatic rings. The molecule has 6 heteroatoms. The van der Waals surface area contributed by atoms with E-state index in [1.807, 2.05) is 7.05 Å². The van der Waals surface area contributed by atoms with E-state index in [4.69, 9.17) is 15.2 Å². The van der Waals surface area contributed by atoms with Gasteiger partial charge in [0, 0.05) is 31.4 Å². The largest absolute Gasteiger partial charge is 0.454 e. The van der Waals surface area contributed by atoms with Gasteiger partial charge in [-0.05, 0) is 32.5 Å². The lowest BCUT2D eigenvalue weighted by Gasteiger charge is -2.36. The van der Waals surface area contributed by atoms with Crippen LogP contribution in [0.5, 0.6) is 11.5 Å². The monoisotopic (exact) mass is 291 g/mol. The molecule has 0 saturated carbocycles. The molecule has 1 atom stereocenters. The molecule has 2 aliphatic heterocycles. The van der Waals surface area contributed by atoms with E-state index in [2.05, 4.69) is 11.9 Å². The molecule has 0 aromatic heterocycles. The van der Waals surface area contributed by atoms with Crippen LogP contribution >= 0.6 is 0 Å². The van der Waals surface area contributed by atoms with Crippen LogP contribution in [-0.2, 0) is 0 Å². The van der Waals surface area contributed by atoms with Gasteiger partial charge in [-0.1, -0.05) is 0 Å². The summed E-state index contributed by atoms with van der Waals surface area (Å²) < 4.78 is 10.6. The van der Waals surface area contributed by atoms with Gasteiger partial charge in [0.1, 0.15) is 0 Å². The number of nitrogens with zero attached hydrogens (tertiary/aromatic N) is 2. The topological polar surface area (TPSA) is 68.0 Å². The second-order valence-electron chi connectivity index (χ2n) is 5.77. The Labute approximate surface area is 124 Å². The Morgan fingerprint density at radius 1 is 1.38 bits per heavy atom. The van der Waals surface area contributed by atoms with Crippen molar-refractivity contribution in [1.82, 2.24) is 9.80 Å². The van der Waals surface area contributed by atoms with Crippen molar-refractivity contribution in [3.8, 4) is 11.5 Å². The molecule has 2 aliphatic rings. The minimum absolute atomic E-state index is 0.0638. The zero-order valence-electron chi connectivity index (χ0n) is 12.5. The zero-order valence-corrected chi connectivity index (χ0v) is 12.5. The Hall–Kier alpha value is -1.95. The van der Waals surface area contributed by atoms with Crippen molar-refractivity contribution in [1.29, 1.82) is 0 Å². The lowest BCUT2D eigenvalue weighted by atomic mass is 10.0. The molecule has 1 fully saturated rings. The van der Waals surface area contributed by atoms with E-state index in [0.29, 0.717) is 22.7 Å². The van der Waals surface area contributed by atoms with Gasteiger partial charge < -0.3 is 25.0 Å². The van der Waals surface area contributed by atoms with E-state index in [0.717, 1.165) is 25.9 Å². The SMILES string of the molecule is CN1CCCC(N(C)C(=O)c2cc3c(cc2N)OCO3)C1. The number of nitrogens with two attached hydrogens (primary N) is 1. The van der Waals surface area contributed by atoms with Crippen LogP contribution in [0.1, 0.15) is 23.2 Å². The van der Waals surface area contributed by atoms with Gasteiger partial charge in [0.25, 0.3) is 5.91 Å². The first-order chi connectivity index (χ1) is 10.1. The van der Waals surface area contributed by atoms with Crippen molar-refractivity contribution in [3.05, 3.63) is 17.7 Å². The summed E-state index contributed by atoms with van der Waals surface area (Å²) in [7, 11) is 3.93. The molecule has 0 bridgehead atoms. The van der Waals surface area contributed by atoms with Crippen LogP contribution in [-0.4, -0.2) is 55.7 Å². The predicted molar refractivity (Wildman–Crippen MR) is 79.6 cm³/mol. The fourth-order valence-electron chi connectivity index (χ4n) is 2.95. The number of piperidine rings is 1. The minimum atomic E-state index is -0.0638. The van der Waals surface area contributed by atoms with Gasteiger partial charge in [-0.3, -0.25) is 4.79 Å². The Morgan fingerprint density at radius 2 is 2.10 bits per heavy atom. The number of hydrogen-bond acceptors (Lipinski definition) is 5. The molecule has 2 heterocycles. The summed E-state index contributed by atoms with van der Waals surface area (Å²) >= 11 is 0. The number of fused-ring (bicyclic) bond motifs is 1. The van der Waals surface area contributed by atoms with Crippen LogP contribution in [0.4, 0.5) is 5.69 Å². The minimum Gasteiger partial charge on any atom is -0.454 e. The highest BCUT2D eigenvalue weighted by molar-refractivity contribution is 6.00. The number of ether oxygens (including phenoxy) is 2. The molecule has 6 nitrogen and oxygen atoms in total. The first-order valence-corrected chi connectivity index (χ1v) is 7.21. The van der Waals surface area contributed by atoms with Crippen LogP contribution in [0, 0.1) is 0 Å². The molecule has 0 radical (unpaired) electrons. The van der Waals surface area contributed by atoms with Crippen molar-refractivity contribution in [2.75, 3.05) is 39.7 Å². The van der Waals surface area contributed by atoms with E-state index >= 15 is 0 Å². The van der Waals surface area contributed by atoms with Gasteiger partial charge in [-0.15, -0.1) is 0 Å². The van der Waals surface area contributed by atoms with Crippen LogP contribution in [0.25, 0.3) is 0 Å². The Morgan fingerprint density at radius 3 is 2.81 bits per heavy atom. The fraction of sp³-hybridized carbons (Fsp3) is 0.533. The highest BCUT2D eigenvalue weighted by Crippen LogP contribution is 2.36. The molecule has 2 N–H and O–H groups in total. The lowest BCUT2D eigenvalue weighted by Crippen LogP contribution is -2.47. The summed E-state index contributed by atoms with van der Waals surface area (Å²) in [5, 5.41) is 0. The van der Waals surface area contributed by atoms with E-state index in [1.165, 1.54) is 0 Å². The Bertz CT molecular complexity index is 561. The number of hydrogen-bond donors (Lipinski definition) is 1. The van der Waals surface area contributed by atoms with E-state index in [9.17, 15) is 4.79 Å². The number of rotatable bonds is 2. The van der Waals surface area contributed by atoms with Crippen LogP contribution in [0.3, 0.4) is 0 Å². The zero-order chi connectivity index (χ0) is 15.0. The van der Waals surface area contributed by atoms with Crippen LogP contribution in [0.15, 0.2) is 12.1 Å². The van der Waals surface area contributed by atoms with Crippen molar-refractivity contribution >= 4 is 11.6 Å². The molecule has 0 spiro atoms. The highest BCUT2D eigenvalue weighted by atomic mass is 16.7. The normalized spacial score (nSPS) is 21.3. The Kier molecular flexibility index (Phi) is 3.63. The molecule has 1 saturated heterocycles. The third-order valence-electron chi connectivity index (χ3n) is 4.24. The third kappa shape index (κ3) is 2.63. The number of likely N-dealkylation sites (tertiary alicyclic amines) is 1. The number of amides is 1. The molecule has 1 unspecified atom stereocenters. The molecule has 114 valence electrons. The maximum atomic E-state index is 12.7. The average molecular weight is 291 g/mol. The molecule has 0 aliphatic carbocycles. The van der Waals surface area contributed by atoms with Gasteiger partial charge in [0.05, 0.1) is 5.56 Å². The summed E-state index contributed by atoms with van der Waals surface area (Å²) in [6.07, 6.45) is 2.13. The van der Waals surface area contributed by atoms with Crippen LogP contribution < -0.4 is 15.2 Å². The molecular weight excluding hydrogens is 270 g/mol. The van der Waals surface area contributed by atoms with E-state index < -0.39 is 0 Å². The van der Waals surface area contributed by atoms with Crippen molar-refractivity contribution in [2.24, 2.45) is 0 Å². The van der Waals surface area contributed by atoms with Gasteiger partial charge in [0.2, 0.25) is 6.79 Å². The second-order valence-corrected chi connectivity index (χ2v) is 5.77. The van der Waals surface area contributed by atoms with Crippen LogP contribution in [0.2, 0.25) is 0 Å². The number of carbonyl (C=O) groups excluding carboxylic acids is 1. The molecule has 3 rings (SSSR count). The van der Waals surface area contributed by atoms with Crippen molar-refractivity contribution in [2.45, 2.75) is 18.9 Å². The van der Waals surface area contributed by atoms with Gasteiger partial charge in [-0.25, -0.2) is 0 Å². The lowest BCUT2D eigenvalue weighted by molar-refractivity contribution is 0.0644. The first-order valence-electron chi connectivity index (χ1n) is 7.21. The van der Waals surface area contributed by atoms with Crippen molar-refractivity contribution < 1.29 is 14.3 Å². The smallest absolute Gasteiger partial charge is 0.256 e. The molecule has 21 heavy (non-hydrogen) atoms. The van der Waals surface area contributed by atoms with Gasteiger partial charge in [0.15, 0.2) is 11.5 Å². The average Bonchev–Trinajstić information content (AvgIpc) is 2.92. The number of anilines is 1. The summed E-state index contributed by atoms with van der Waals surface area (Å²) in [5.74, 6) is 1.12. The fourth-order valence-corrected chi connectivity index (χ4v) is 2.95. The van der Waals surface area contributed by atoms with Gasteiger partial charge in [-0.2, -0.15) is 0 Å². The summed E-state index contributed by atoms with van der Waals surface area (Å²) in [4.78, 5) is 16.7. The number of benzene rings is 1. The highest BCUT2D eigenvalue weighted by Gasteiger charge is 2.27. The summed E-state index contributed by atoms with van der Waals surface area (Å²) in [6, 6.07) is 3.57. The first kappa shape index (κ1) is 14.0. The standard InChI is InChI=1S/C15H21N3O3/c1-17-5-3-4-10(8-17)18(2)15(19)11-6-13-14(7-12(11)16)21-9-20-13/h6-7,10H,3-5,8-9,16H2,1-2H3. The maximum Gasteiger partial charge on any atom is 0.256 e. The van der Waals surface area contributed by atoms with Crippen molar-refractivity contribution in [3.63, 3.8) is 0 Å². The summed E-state index contributed by atoms with van der Waals surface area (Å²) in [6.45, 7) is 2.16. The molecule has 1 aromatic carbocycles. The van der Waals surface area contributed by atoms with E-state index in [-0.39, 0.29) is 18.7 Å². The Balaban J connectivity index is 1.81. The number of carbonyl (C=O) groups is 1. The van der Waals surface area contributed by atoms with Gasteiger partial charge >= 0.3 is 0 Å². The molecular formula is C15H21N3O3. The maximum absolute atomic E-state index is 12.7. The molecule has 1 amide bonds. The third-order valence-corrected chi connectivity index (χ3v) is 4.24.